The molecule has 1 atom stereocenters. The maximum absolute atomic E-state index is 5.98. The summed E-state index contributed by atoms with van der Waals surface area (Å²) in [6.07, 6.45) is 2.91. The van der Waals surface area contributed by atoms with E-state index in [1.54, 1.807) is 6.08 Å². The molecular weight excluding hydrogens is 306 g/mol. The number of ether oxygens (including phenoxy) is 1. The van der Waals surface area contributed by atoms with Gasteiger partial charge in [-0.3, -0.25) is 0 Å². The Balaban J connectivity index is 0.000000701. The van der Waals surface area contributed by atoms with Gasteiger partial charge in [-0.15, -0.1) is 6.58 Å². The van der Waals surface area contributed by atoms with Gasteiger partial charge in [-0.1, -0.05) is 70.2 Å². The third-order valence-electron chi connectivity index (χ3n) is 4.51. The van der Waals surface area contributed by atoms with Crippen LogP contribution in [-0.2, 0) is 4.74 Å². The Morgan fingerprint density at radius 3 is 2.52 bits per heavy atom. The number of fused-ring (bicyclic) bond motifs is 1. The van der Waals surface area contributed by atoms with Crippen LogP contribution in [0.4, 0.5) is 0 Å². The first-order valence-corrected chi connectivity index (χ1v) is 9.14. The quantitative estimate of drug-likeness (QED) is 0.604. The van der Waals surface area contributed by atoms with Crippen molar-refractivity contribution >= 4 is 16.7 Å². The second-order valence-corrected chi connectivity index (χ2v) is 7.78. The normalized spacial score (nSPS) is 16.9. The highest BCUT2D eigenvalue weighted by Gasteiger charge is 2.35. The predicted octanol–water partition coefficient (Wildman–Crippen LogP) is 6.25. The van der Waals surface area contributed by atoms with Crippen molar-refractivity contribution in [2.45, 2.75) is 47.1 Å². The first-order chi connectivity index (χ1) is 11.9. The molecule has 0 amide bonds. The Labute approximate surface area is 152 Å². The van der Waals surface area contributed by atoms with Crippen LogP contribution in [0.2, 0.25) is 0 Å². The summed E-state index contributed by atoms with van der Waals surface area (Å²) in [5, 5.41) is 2.45. The minimum absolute atomic E-state index is 0.167. The third kappa shape index (κ3) is 4.72. The first kappa shape index (κ1) is 19.2. The van der Waals surface area contributed by atoms with Crippen molar-refractivity contribution in [3.8, 4) is 0 Å². The van der Waals surface area contributed by atoms with Crippen molar-refractivity contribution < 1.29 is 4.74 Å². The number of nitrogens with zero attached hydrogens (tertiary/aromatic N) is 1. The minimum atomic E-state index is 0.167. The van der Waals surface area contributed by atoms with Gasteiger partial charge in [0.25, 0.3) is 0 Å². The summed E-state index contributed by atoms with van der Waals surface area (Å²) in [7, 11) is 0. The summed E-state index contributed by atoms with van der Waals surface area (Å²) < 4.78 is 5.98. The third-order valence-corrected chi connectivity index (χ3v) is 4.51. The van der Waals surface area contributed by atoms with E-state index >= 15 is 0 Å². The zero-order valence-corrected chi connectivity index (χ0v) is 16.3. The fourth-order valence-electron chi connectivity index (χ4n) is 3.52. The standard InChI is InChI=1S/C20H25NO.C3H6/c1-14(2)12-20(3,4)18-13-22-19(21-18)17-11-7-9-15-8-5-6-10-16(15)17;1-3-2/h5-11,14,18H,12-13H2,1-4H3;3H,1H2,2H3/t18-;/m0./s1. The predicted molar refractivity (Wildman–Crippen MR) is 109 cm³/mol. The van der Waals surface area contributed by atoms with Crippen molar-refractivity contribution in [2.24, 2.45) is 16.3 Å². The fraction of sp³-hybridized carbons (Fsp3) is 0.435. The van der Waals surface area contributed by atoms with Crippen LogP contribution in [-0.4, -0.2) is 18.5 Å². The summed E-state index contributed by atoms with van der Waals surface area (Å²) >= 11 is 0. The maximum Gasteiger partial charge on any atom is 0.217 e. The van der Waals surface area contributed by atoms with Crippen molar-refractivity contribution in [3.05, 3.63) is 60.7 Å². The van der Waals surface area contributed by atoms with Gasteiger partial charge < -0.3 is 4.74 Å². The molecule has 0 N–H and O–H groups in total. The van der Waals surface area contributed by atoms with Crippen LogP contribution in [0.1, 0.15) is 46.6 Å². The highest BCUT2D eigenvalue weighted by Crippen LogP contribution is 2.35. The number of hydrogen-bond donors (Lipinski definition) is 0. The van der Waals surface area contributed by atoms with E-state index in [4.69, 9.17) is 9.73 Å². The molecule has 0 unspecified atom stereocenters. The summed E-state index contributed by atoms with van der Waals surface area (Å²) in [5.41, 5.74) is 1.28. The molecule has 0 saturated heterocycles. The van der Waals surface area contributed by atoms with E-state index in [0.717, 1.165) is 17.9 Å². The Hall–Kier alpha value is -2.09. The van der Waals surface area contributed by atoms with E-state index in [9.17, 15) is 0 Å². The van der Waals surface area contributed by atoms with Crippen molar-refractivity contribution in [3.63, 3.8) is 0 Å². The summed E-state index contributed by atoms with van der Waals surface area (Å²) in [6.45, 7) is 15.1. The van der Waals surface area contributed by atoms with Crippen molar-refractivity contribution in [1.82, 2.24) is 0 Å². The van der Waals surface area contributed by atoms with Crippen LogP contribution < -0.4 is 0 Å². The first-order valence-electron chi connectivity index (χ1n) is 9.14. The van der Waals surface area contributed by atoms with Crippen LogP contribution in [0.15, 0.2) is 60.1 Å². The van der Waals surface area contributed by atoms with Gasteiger partial charge in [0.2, 0.25) is 5.90 Å². The van der Waals surface area contributed by atoms with Gasteiger partial charge in [0, 0.05) is 5.56 Å². The SMILES string of the molecule is C=CC.CC(C)CC(C)(C)[C@@H]1COC(c2cccc3ccccc23)=N1. The molecule has 1 aliphatic rings. The zero-order valence-electron chi connectivity index (χ0n) is 16.3. The number of hydrogen-bond acceptors (Lipinski definition) is 2. The molecule has 3 rings (SSSR count). The molecule has 0 radical (unpaired) electrons. The molecule has 25 heavy (non-hydrogen) atoms. The Morgan fingerprint density at radius 1 is 1.20 bits per heavy atom. The van der Waals surface area contributed by atoms with Gasteiger partial charge in [-0.05, 0) is 41.5 Å². The number of rotatable bonds is 4. The van der Waals surface area contributed by atoms with Gasteiger partial charge in [0.15, 0.2) is 0 Å². The number of aliphatic imine (C=N–C) groups is 1. The summed E-state index contributed by atoms with van der Waals surface area (Å²) in [5.74, 6) is 1.48. The Kier molecular flexibility index (Phi) is 6.41. The van der Waals surface area contributed by atoms with Crippen LogP contribution in [0.3, 0.4) is 0 Å². The lowest BCUT2D eigenvalue weighted by Crippen LogP contribution is -2.30. The minimum Gasteiger partial charge on any atom is -0.475 e. The summed E-state index contributed by atoms with van der Waals surface area (Å²) in [4.78, 5) is 4.93. The fourth-order valence-corrected chi connectivity index (χ4v) is 3.52. The lowest BCUT2D eigenvalue weighted by Gasteiger charge is -2.30. The van der Waals surface area contributed by atoms with Crippen LogP contribution in [0, 0.1) is 11.3 Å². The van der Waals surface area contributed by atoms with Gasteiger partial charge in [0.05, 0.1) is 6.04 Å². The molecule has 2 heteroatoms. The van der Waals surface area contributed by atoms with Crippen LogP contribution in [0.25, 0.3) is 10.8 Å². The molecule has 2 nitrogen and oxygen atoms in total. The van der Waals surface area contributed by atoms with Gasteiger partial charge >= 0.3 is 0 Å². The van der Waals surface area contributed by atoms with E-state index in [2.05, 4.69) is 76.7 Å². The number of allylic oxidation sites excluding steroid dienone is 1. The zero-order chi connectivity index (χ0) is 18.4. The van der Waals surface area contributed by atoms with E-state index in [0.29, 0.717) is 12.5 Å². The second kappa shape index (κ2) is 8.33. The molecule has 134 valence electrons. The summed E-state index contributed by atoms with van der Waals surface area (Å²) in [6, 6.07) is 15.0. The van der Waals surface area contributed by atoms with Crippen molar-refractivity contribution in [1.29, 1.82) is 0 Å². The van der Waals surface area contributed by atoms with Gasteiger partial charge in [-0.2, -0.15) is 0 Å². The molecule has 0 bridgehead atoms. The molecular formula is C23H31NO. The largest absolute Gasteiger partial charge is 0.475 e. The van der Waals surface area contributed by atoms with Crippen LogP contribution >= 0.6 is 0 Å². The average molecular weight is 338 g/mol. The second-order valence-electron chi connectivity index (χ2n) is 7.78. The smallest absolute Gasteiger partial charge is 0.217 e. The van der Waals surface area contributed by atoms with E-state index in [1.807, 2.05) is 6.92 Å². The lowest BCUT2D eigenvalue weighted by molar-refractivity contribution is 0.188. The average Bonchev–Trinajstić information content (AvgIpc) is 3.05. The molecule has 0 fully saturated rings. The van der Waals surface area contributed by atoms with E-state index < -0.39 is 0 Å². The molecule has 0 aromatic heterocycles. The van der Waals surface area contributed by atoms with Gasteiger partial charge in [-0.25, -0.2) is 4.99 Å². The van der Waals surface area contributed by atoms with E-state index in [-0.39, 0.29) is 11.5 Å². The van der Waals surface area contributed by atoms with Gasteiger partial charge in [0.1, 0.15) is 6.61 Å². The molecule has 0 saturated carbocycles. The molecule has 1 aliphatic heterocycles. The highest BCUT2D eigenvalue weighted by molar-refractivity contribution is 6.07. The Bertz CT molecular complexity index is 737. The Morgan fingerprint density at radius 2 is 1.84 bits per heavy atom. The molecule has 0 spiro atoms. The van der Waals surface area contributed by atoms with Crippen LogP contribution in [0.5, 0.6) is 0 Å². The monoisotopic (exact) mass is 337 g/mol. The maximum atomic E-state index is 5.98. The molecule has 1 heterocycles. The number of benzene rings is 2. The van der Waals surface area contributed by atoms with E-state index in [1.165, 1.54) is 10.8 Å². The lowest BCUT2D eigenvalue weighted by atomic mass is 9.78. The molecule has 0 aliphatic carbocycles. The van der Waals surface area contributed by atoms with Crippen molar-refractivity contribution in [2.75, 3.05) is 6.61 Å². The molecule has 2 aromatic rings. The highest BCUT2D eigenvalue weighted by atomic mass is 16.5. The molecule has 2 aromatic carbocycles. The topological polar surface area (TPSA) is 21.6 Å².